The van der Waals surface area contributed by atoms with E-state index in [9.17, 15) is 13.0 Å². The number of hydrogen-bond donors (Lipinski definition) is 0. The van der Waals surface area contributed by atoms with Gasteiger partial charge in [0.25, 0.3) is 10.1 Å². The second-order valence-corrected chi connectivity index (χ2v) is 3.96. The average molecular weight is 165 g/mol. The van der Waals surface area contributed by atoms with Gasteiger partial charge in [-0.1, -0.05) is 24.8 Å². The third-order valence-corrected chi connectivity index (χ3v) is 2.86. The Hall–Kier alpha value is -0.0900. The molecule has 0 N–H and O–H groups in total. The molecule has 0 saturated heterocycles. The van der Waals surface area contributed by atoms with Crippen LogP contribution in [0.4, 0.5) is 0 Å². The Morgan fingerprint density at radius 3 is 1.90 bits per heavy atom. The smallest absolute Gasteiger partial charge is 0.197 e. The fraction of sp³-hybridized carbons (Fsp3) is 1.00. The maximum Gasteiger partial charge on any atom is 0.297 e. The fourth-order valence-corrected chi connectivity index (χ4v) is 1.81. The molecule has 10 heavy (non-hydrogen) atoms. The topological polar surface area (TPSA) is 54.0 Å². The predicted octanol–water partition coefficient (Wildman–Crippen LogP) is 1.33. The summed E-state index contributed by atoms with van der Waals surface area (Å²) in [6.07, 6.45) is 1.67. The molecular weight excluding hydrogens is 152 g/mol. The molecule has 0 aromatic heterocycles. The van der Waals surface area contributed by atoms with Crippen molar-refractivity contribution in [1.82, 2.24) is 0 Å². The van der Waals surface area contributed by atoms with Crippen LogP contribution in [0.25, 0.3) is 0 Å². The van der Waals surface area contributed by atoms with Crippen molar-refractivity contribution in [2.75, 3.05) is 0 Å². The van der Waals surface area contributed by atoms with Gasteiger partial charge >= 0.3 is 0 Å². The molecule has 1 atom stereocenters. The summed E-state index contributed by atoms with van der Waals surface area (Å²) in [7, 11) is -4.03. The number of hydrogen-bond acceptors (Lipinski definition) is 2. The van der Waals surface area contributed by atoms with Crippen LogP contribution in [0, 0.1) is 0 Å². The molecule has 0 fully saturated rings. The highest BCUT2D eigenvalue weighted by Gasteiger charge is 2.20. The van der Waals surface area contributed by atoms with Crippen LogP contribution in [0.15, 0.2) is 0 Å². The van der Waals surface area contributed by atoms with Crippen molar-refractivity contribution in [2.24, 2.45) is 0 Å². The van der Waals surface area contributed by atoms with E-state index in [-0.39, 0.29) is 0 Å². The molecule has 0 aromatic rings. The van der Waals surface area contributed by atoms with Gasteiger partial charge in [0.05, 0.1) is 5.25 Å². The maximum atomic E-state index is 10.4. The molecule has 1 radical (unpaired) electrons. The van der Waals surface area contributed by atoms with Crippen LogP contribution in [0.1, 0.15) is 33.1 Å². The van der Waals surface area contributed by atoms with Crippen molar-refractivity contribution in [2.45, 2.75) is 38.4 Å². The minimum Gasteiger partial charge on any atom is -0.197 e. The first kappa shape index (κ1) is 9.91. The van der Waals surface area contributed by atoms with Gasteiger partial charge in [-0.05, 0) is 12.8 Å². The minimum atomic E-state index is -4.03. The normalized spacial score (nSPS) is 15.1. The Morgan fingerprint density at radius 2 is 1.80 bits per heavy atom. The van der Waals surface area contributed by atoms with Crippen molar-refractivity contribution in [1.29, 1.82) is 0 Å². The molecule has 0 aromatic carbocycles. The summed E-state index contributed by atoms with van der Waals surface area (Å²) in [6.45, 7) is 3.59. The summed E-state index contributed by atoms with van der Waals surface area (Å²) in [5, 5.41) is -0.669. The van der Waals surface area contributed by atoms with Crippen LogP contribution in [0.3, 0.4) is 0 Å². The van der Waals surface area contributed by atoms with Crippen molar-refractivity contribution in [3.8, 4) is 0 Å². The quantitative estimate of drug-likeness (QED) is 0.631. The summed E-state index contributed by atoms with van der Waals surface area (Å²) in [5.74, 6) is 0. The van der Waals surface area contributed by atoms with Crippen molar-refractivity contribution < 1.29 is 13.0 Å². The first-order valence-corrected chi connectivity index (χ1v) is 4.94. The van der Waals surface area contributed by atoms with Gasteiger partial charge in [0, 0.05) is 0 Å². The Morgan fingerprint density at radius 1 is 1.30 bits per heavy atom. The molecule has 1 unspecified atom stereocenters. The van der Waals surface area contributed by atoms with Crippen molar-refractivity contribution >= 4 is 10.1 Å². The molecule has 0 aliphatic rings. The highest BCUT2D eigenvalue weighted by molar-refractivity contribution is 7.86. The van der Waals surface area contributed by atoms with Gasteiger partial charge in [-0.15, -0.1) is 0 Å². The third-order valence-electron chi connectivity index (χ3n) is 1.47. The van der Waals surface area contributed by atoms with E-state index < -0.39 is 15.4 Å². The fourth-order valence-electron chi connectivity index (χ4n) is 0.875. The van der Waals surface area contributed by atoms with E-state index in [4.69, 9.17) is 0 Å². The first-order chi connectivity index (χ1) is 4.52. The lowest BCUT2D eigenvalue weighted by Gasteiger charge is -2.06. The Labute approximate surface area is 62.2 Å². The Balaban J connectivity index is 4.08. The van der Waals surface area contributed by atoms with Gasteiger partial charge in [0.2, 0.25) is 0 Å². The second kappa shape index (κ2) is 3.93. The standard InChI is InChI=1S/C6H13O3S/c1-3-5-6(4-2)10(7,8)9/h6H,3-5H2,1-2H3. The van der Waals surface area contributed by atoms with Gasteiger partial charge in [0.15, 0.2) is 0 Å². The van der Waals surface area contributed by atoms with Crippen molar-refractivity contribution in [3.63, 3.8) is 0 Å². The molecule has 4 heteroatoms. The van der Waals surface area contributed by atoms with E-state index in [0.29, 0.717) is 12.8 Å². The monoisotopic (exact) mass is 165 g/mol. The molecule has 0 heterocycles. The van der Waals surface area contributed by atoms with E-state index in [1.54, 1.807) is 6.92 Å². The summed E-state index contributed by atoms with van der Waals surface area (Å²) in [4.78, 5) is 0. The van der Waals surface area contributed by atoms with Gasteiger partial charge < -0.3 is 0 Å². The van der Waals surface area contributed by atoms with Crippen LogP contribution in [-0.4, -0.2) is 13.7 Å². The van der Waals surface area contributed by atoms with Crippen molar-refractivity contribution in [3.05, 3.63) is 0 Å². The van der Waals surface area contributed by atoms with E-state index in [1.807, 2.05) is 6.92 Å². The molecule has 0 aliphatic carbocycles. The molecule has 0 aliphatic heterocycles. The lowest BCUT2D eigenvalue weighted by Crippen LogP contribution is -2.17. The Kier molecular flexibility index (Phi) is 3.89. The van der Waals surface area contributed by atoms with Crippen LogP contribution in [0.5, 0.6) is 0 Å². The van der Waals surface area contributed by atoms with Gasteiger partial charge in [0.1, 0.15) is 0 Å². The highest BCUT2D eigenvalue weighted by atomic mass is 32.2. The summed E-state index contributed by atoms with van der Waals surface area (Å²) in [6, 6.07) is 0. The molecule has 0 bridgehead atoms. The lowest BCUT2D eigenvalue weighted by atomic mass is 10.2. The van der Waals surface area contributed by atoms with Gasteiger partial charge in [-0.25, -0.2) is 0 Å². The molecule has 0 spiro atoms. The largest absolute Gasteiger partial charge is 0.297 e. The minimum absolute atomic E-state index is 0.430. The van der Waals surface area contributed by atoms with E-state index in [1.165, 1.54) is 0 Å². The van der Waals surface area contributed by atoms with Crippen LogP contribution in [-0.2, 0) is 14.7 Å². The molecule has 0 saturated carbocycles. The summed E-state index contributed by atoms with van der Waals surface area (Å²) >= 11 is 0. The zero-order chi connectivity index (χ0) is 8.20. The lowest BCUT2D eigenvalue weighted by molar-refractivity contribution is 0.396. The van der Waals surface area contributed by atoms with E-state index in [2.05, 4.69) is 0 Å². The highest BCUT2D eigenvalue weighted by Crippen LogP contribution is 2.10. The first-order valence-electron chi connectivity index (χ1n) is 3.47. The predicted molar refractivity (Wildman–Crippen MR) is 38.6 cm³/mol. The molecule has 0 rings (SSSR count). The molecular formula is C6H13O3S. The zero-order valence-corrected chi connectivity index (χ0v) is 7.15. The summed E-state index contributed by atoms with van der Waals surface area (Å²) in [5.41, 5.74) is 0. The molecule has 3 nitrogen and oxygen atoms in total. The maximum absolute atomic E-state index is 10.4. The zero-order valence-electron chi connectivity index (χ0n) is 6.33. The van der Waals surface area contributed by atoms with Crippen LogP contribution >= 0.6 is 0 Å². The summed E-state index contributed by atoms with van der Waals surface area (Å²) < 4.78 is 31.2. The van der Waals surface area contributed by atoms with Gasteiger partial charge in [-0.2, -0.15) is 8.42 Å². The third kappa shape index (κ3) is 3.17. The average Bonchev–Trinajstić information content (AvgIpc) is 1.80. The number of rotatable bonds is 4. The van der Waals surface area contributed by atoms with E-state index in [0.717, 1.165) is 6.42 Å². The Bertz CT molecular complexity index is 171. The van der Waals surface area contributed by atoms with Gasteiger partial charge in [-0.3, -0.25) is 0 Å². The molecule has 61 valence electrons. The SMILES string of the molecule is CCCC(CC)S([O])(=O)=O. The second-order valence-electron chi connectivity index (χ2n) is 2.31. The van der Waals surface area contributed by atoms with Crippen LogP contribution < -0.4 is 0 Å². The van der Waals surface area contributed by atoms with E-state index >= 15 is 0 Å². The molecule has 0 amide bonds. The van der Waals surface area contributed by atoms with Crippen LogP contribution in [0.2, 0.25) is 0 Å².